The molecule has 1 saturated heterocycles. The van der Waals surface area contributed by atoms with Gasteiger partial charge in [-0.3, -0.25) is 4.79 Å². The van der Waals surface area contributed by atoms with Gasteiger partial charge in [-0.2, -0.15) is 13.2 Å². The molecule has 1 fully saturated rings. The largest absolute Gasteiger partial charge is 0.490 e. The van der Waals surface area contributed by atoms with Crippen molar-refractivity contribution in [3.63, 3.8) is 0 Å². The molecule has 34 heavy (non-hydrogen) atoms. The molecule has 3 heterocycles. The molecule has 2 atom stereocenters. The number of carboxylic acid groups (broad SMARTS) is 1. The number of amides is 1. The number of carbonyl (C=O) groups is 2. The molecule has 2 aliphatic heterocycles. The van der Waals surface area contributed by atoms with Crippen LogP contribution < -0.4 is 10.6 Å². The van der Waals surface area contributed by atoms with Gasteiger partial charge in [-0.1, -0.05) is 41.6 Å². The zero-order valence-corrected chi connectivity index (χ0v) is 18.8. The number of benzene rings is 1. The maximum atomic E-state index is 12.5. The number of carboxylic acids is 1. The molecule has 0 saturated carbocycles. The van der Waals surface area contributed by atoms with Gasteiger partial charge in [-0.15, -0.1) is 11.3 Å². The van der Waals surface area contributed by atoms with Crippen LogP contribution in [0.15, 0.2) is 53.0 Å². The van der Waals surface area contributed by atoms with E-state index >= 15 is 0 Å². The van der Waals surface area contributed by atoms with Gasteiger partial charge < -0.3 is 25.3 Å². The molecule has 0 aliphatic carbocycles. The number of nitrogens with one attached hydrogen (secondary N) is 2. The standard InChI is InChI=1S/C20H23N3O3S.C2HF3O2/c24-19(22-12-15-5-2-1-3-6-15)17-11-20(26-23-17)14-25-9-8-18(20)21-13-16-7-4-10-27-16;3-2(4,5)1(6)7/h1-7,10,18,21H,8-9,11-14H2,(H,22,24);(H,6,7). The number of halogens is 3. The quantitative estimate of drug-likeness (QED) is 0.564. The van der Waals surface area contributed by atoms with Crippen LogP contribution in [0.1, 0.15) is 23.3 Å². The van der Waals surface area contributed by atoms with Crippen molar-refractivity contribution in [2.45, 2.75) is 43.8 Å². The molecule has 1 aromatic heterocycles. The first-order valence-electron chi connectivity index (χ1n) is 10.4. The molecule has 2 aromatic rings. The lowest BCUT2D eigenvalue weighted by Gasteiger charge is -2.38. The van der Waals surface area contributed by atoms with E-state index in [4.69, 9.17) is 19.5 Å². The van der Waals surface area contributed by atoms with E-state index in [0.717, 1.165) is 18.5 Å². The number of alkyl halides is 3. The Morgan fingerprint density at radius 2 is 1.91 bits per heavy atom. The summed E-state index contributed by atoms with van der Waals surface area (Å²) in [7, 11) is 0. The molecule has 4 rings (SSSR count). The predicted molar refractivity (Wildman–Crippen MR) is 118 cm³/mol. The first-order valence-corrected chi connectivity index (χ1v) is 11.3. The molecule has 12 heteroatoms. The van der Waals surface area contributed by atoms with E-state index in [1.165, 1.54) is 4.88 Å². The number of carbonyl (C=O) groups excluding carboxylic acids is 1. The third-order valence-corrected chi connectivity index (χ3v) is 6.12. The van der Waals surface area contributed by atoms with E-state index in [1.807, 2.05) is 36.4 Å². The SMILES string of the molecule is O=C(NCc1ccccc1)C1=NOC2(COCCC2NCc2cccs2)C1.O=C(O)C(F)(F)F. The Kier molecular flexibility index (Phi) is 8.64. The molecular weight excluding hydrogens is 475 g/mol. The maximum absolute atomic E-state index is 12.5. The Labute approximate surface area is 197 Å². The molecule has 0 bridgehead atoms. The maximum Gasteiger partial charge on any atom is 0.490 e. The lowest BCUT2D eigenvalue weighted by molar-refractivity contribution is -0.192. The Balaban J connectivity index is 0.000000406. The molecule has 1 aromatic carbocycles. The zero-order chi connectivity index (χ0) is 24.6. The van der Waals surface area contributed by atoms with Gasteiger partial charge in [0.15, 0.2) is 5.60 Å². The first-order chi connectivity index (χ1) is 16.2. The van der Waals surface area contributed by atoms with Gasteiger partial charge in [-0.05, 0) is 23.4 Å². The summed E-state index contributed by atoms with van der Waals surface area (Å²) in [6.45, 7) is 2.38. The summed E-state index contributed by atoms with van der Waals surface area (Å²) in [6.07, 6.45) is -3.80. The van der Waals surface area contributed by atoms with Crippen LogP contribution in [0.25, 0.3) is 0 Å². The molecular formula is C22H24F3N3O5S. The number of ether oxygens (including phenoxy) is 1. The Morgan fingerprint density at radius 1 is 1.18 bits per heavy atom. The fourth-order valence-corrected chi connectivity index (χ4v) is 4.15. The summed E-state index contributed by atoms with van der Waals surface area (Å²) in [5, 5.41) is 19.8. The number of nitrogens with zero attached hydrogens (tertiary/aromatic N) is 1. The lowest BCUT2D eigenvalue weighted by atomic mass is 9.86. The van der Waals surface area contributed by atoms with Gasteiger partial charge in [0.2, 0.25) is 0 Å². The van der Waals surface area contributed by atoms with Crippen molar-refractivity contribution in [3.05, 3.63) is 58.3 Å². The minimum atomic E-state index is -5.08. The molecule has 2 aliphatic rings. The monoisotopic (exact) mass is 499 g/mol. The number of hydrogen-bond acceptors (Lipinski definition) is 7. The summed E-state index contributed by atoms with van der Waals surface area (Å²) in [6, 6.07) is 14.1. The Morgan fingerprint density at radius 3 is 2.56 bits per heavy atom. The van der Waals surface area contributed by atoms with Crippen molar-refractivity contribution in [2.75, 3.05) is 13.2 Å². The number of rotatable bonds is 6. The van der Waals surface area contributed by atoms with Crippen molar-refractivity contribution in [1.82, 2.24) is 10.6 Å². The summed E-state index contributed by atoms with van der Waals surface area (Å²) in [5.41, 5.74) is 0.880. The van der Waals surface area contributed by atoms with Crippen molar-refractivity contribution in [1.29, 1.82) is 0 Å². The Bertz CT molecular complexity index is 985. The Hall–Kier alpha value is -2.96. The lowest BCUT2D eigenvalue weighted by Crippen LogP contribution is -2.57. The van der Waals surface area contributed by atoms with Gasteiger partial charge in [0.25, 0.3) is 5.91 Å². The first kappa shape index (κ1) is 25.7. The number of hydrogen-bond donors (Lipinski definition) is 3. The highest BCUT2D eigenvalue weighted by Gasteiger charge is 2.49. The van der Waals surface area contributed by atoms with Gasteiger partial charge in [-0.25, -0.2) is 4.79 Å². The highest BCUT2D eigenvalue weighted by Crippen LogP contribution is 2.33. The minimum absolute atomic E-state index is 0.0940. The number of aliphatic carboxylic acids is 1. The summed E-state index contributed by atoms with van der Waals surface area (Å²) in [5.74, 6) is -2.94. The fourth-order valence-electron chi connectivity index (χ4n) is 3.49. The molecule has 0 radical (unpaired) electrons. The highest BCUT2D eigenvalue weighted by atomic mass is 32.1. The summed E-state index contributed by atoms with van der Waals surface area (Å²) in [4.78, 5) is 28.5. The molecule has 184 valence electrons. The van der Waals surface area contributed by atoms with Gasteiger partial charge in [0.05, 0.1) is 12.6 Å². The number of thiophene rings is 1. The fraction of sp³-hybridized carbons (Fsp3) is 0.409. The van der Waals surface area contributed by atoms with Crippen LogP contribution in [0.5, 0.6) is 0 Å². The van der Waals surface area contributed by atoms with Gasteiger partial charge >= 0.3 is 12.1 Å². The van der Waals surface area contributed by atoms with Crippen molar-refractivity contribution in [2.24, 2.45) is 5.16 Å². The third kappa shape index (κ3) is 7.02. The van der Waals surface area contributed by atoms with Crippen molar-refractivity contribution in [3.8, 4) is 0 Å². The van der Waals surface area contributed by atoms with Crippen molar-refractivity contribution < 1.29 is 37.4 Å². The van der Waals surface area contributed by atoms with E-state index in [2.05, 4.69) is 27.2 Å². The summed E-state index contributed by atoms with van der Waals surface area (Å²) < 4.78 is 37.4. The van der Waals surface area contributed by atoms with Crippen LogP contribution in [-0.4, -0.2) is 53.7 Å². The van der Waals surface area contributed by atoms with Crippen molar-refractivity contribution >= 4 is 28.9 Å². The average molecular weight is 500 g/mol. The van der Waals surface area contributed by atoms with E-state index in [0.29, 0.717) is 31.9 Å². The molecule has 3 N–H and O–H groups in total. The van der Waals surface area contributed by atoms with Crippen LogP contribution in [0, 0.1) is 0 Å². The summed E-state index contributed by atoms with van der Waals surface area (Å²) >= 11 is 1.73. The van der Waals surface area contributed by atoms with Crippen LogP contribution in [0.2, 0.25) is 0 Å². The molecule has 1 amide bonds. The zero-order valence-electron chi connectivity index (χ0n) is 18.0. The topological polar surface area (TPSA) is 109 Å². The van der Waals surface area contributed by atoms with E-state index < -0.39 is 17.7 Å². The second kappa shape index (κ2) is 11.4. The highest BCUT2D eigenvalue weighted by molar-refractivity contribution is 7.09. The van der Waals surface area contributed by atoms with E-state index in [-0.39, 0.29) is 11.9 Å². The normalized spacial score (nSPS) is 21.7. The minimum Gasteiger partial charge on any atom is -0.475 e. The van der Waals surface area contributed by atoms with Crippen LogP contribution in [-0.2, 0) is 32.3 Å². The van der Waals surface area contributed by atoms with Crippen LogP contribution in [0.4, 0.5) is 13.2 Å². The molecule has 2 unspecified atom stereocenters. The second-order valence-corrected chi connectivity index (χ2v) is 8.73. The van der Waals surface area contributed by atoms with E-state index in [1.54, 1.807) is 11.3 Å². The smallest absolute Gasteiger partial charge is 0.475 e. The molecule has 1 spiro atoms. The number of oxime groups is 1. The third-order valence-electron chi connectivity index (χ3n) is 5.24. The van der Waals surface area contributed by atoms with Crippen LogP contribution >= 0.6 is 11.3 Å². The van der Waals surface area contributed by atoms with Gasteiger partial charge in [0, 0.05) is 31.0 Å². The second-order valence-electron chi connectivity index (χ2n) is 7.70. The van der Waals surface area contributed by atoms with E-state index in [9.17, 15) is 18.0 Å². The molecule has 8 nitrogen and oxygen atoms in total. The predicted octanol–water partition coefficient (Wildman–Crippen LogP) is 3.09. The van der Waals surface area contributed by atoms with Gasteiger partial charge in [0.1, 0.15) is 5.71 Å². The van der Waals surface area contributed by atoms with Crippen LogP contribution in [0.3, 0.4) is 0 Å². The average Bonchev–Trinajstić information content (AvgIpc) is 3.48.